The van der Waals surface area contributed by atoms with Crippen LogP contribution in [-0.4, -0.2) is 22.8 Å². The maximum Gasteiger partial charge on any atom is 0.340 e. The number of fused-ring (bicyclic) bond motifs is 1. The van der Waals surface area contributed by atoms with Gasteiger partial charge in [0.1, 0.15) is 0 Å². The summed E-state index contributed by atoms with van der Waals surface area (Å²) in [5.74, 6) is -0.555. The molecular weight excluding hydrogens is 373 g/mol. The SMILES string of the molecule is Cc1nc2c(c(-c3cccc(Cl)c3Cl)c1C(=O)OC(C)C)C(=O)CCC2. The Morgan fingerprint density at radius 3 is 2.62 bits per heavy atom. The lowest BCUT2D eigenvalue weighted by atomic mass is 9.85. The number of benzene rings is 1. The second kappa shape index (κ2) is 7.37. The van der Waals surface area contributed by atoms with Gasteiger partial charge in [-0.05, 0) is 39.7 Å². The van der Waals surface area contributed by atoms with Crippen molar-refractivity contribution in [1.29, 1.82) is 0 Å². The fraction of sp³-hybridized carbons (Fsp3) is 0.350. The zero-order chi connectivity index (χ0) is 19.0. The second-order valence-electron chi connectivity index (χ2n) is 6.60. The molecule has 0 spiro atoms. The quantitative estimate of drug-likeness (QED) is 0.652. The molecule has 0 bridgehead atoms. The summed E-state index contributed by atoms with van der Waals surface area (Å²) in [5.41, 5.74) is 2.99. The van der Waals surface area contributed by atoms with Gasteiger partial charge >= 0.3 is 5.97 Å². The van der Waals surface area contributed by atoms with Crippen molar-refractivity contribution in [2.45, 2.75) is 46.1 Å². The molecule has 6 heteroatoms. The zero-order valence-corrected chi connectivity index (χ0v) is 16.4. The van der Waals surface area contributed by atoms with Crippen molar-refractivity contribution in [2.24, 2.45) is 0 Å². The number of esters is 1. The molecule has 2 aromatic rings. The summed E-state index contributed by atoms with van der Waals surface area (Å²) in [6.07, 6.45) is 1.56. The van der Waals surface area contributed by atoms with Crippen LogP contribution in [0.2, 0.25) is 10.0 Å². The molecule has 0 amide bonds. The van der Waals surface area contributed by atoms with Crippen LogP contribution in [0.1, 0.15) is 58.8 Å². The Morgan fingerprint density at radius 1 is 1.19 bits per heavy atom. The number of hydrogen-bond acceptors (Lipinski definition) is 4. The normalized spacial score (nSPS) is 13.7. The van der Waals surface area contributed by atoms with Gasteiger partial charge in [0.25, 0.3) is 0 Å². The predicted octanol–water partition coefficient (Wildman–Crippen LogP) is 5.45. The largest absolute Gasteiger partial charge is 0.459 e. The molecule has 3 rings (SSSR count). The van der Waals surface area contributed by atoms with Crippen molar-refractivity contribution in [3.05, 3.63) is 50.8 Å². The van der Waals surface area contributed by atoms with Gasteiger partial charge in [-0.3, -0.25) is 9.78 Å². The molecule has 0 N–H and O–H groups in total. The molecule has 1 heterocycles. The van der Waals surface area contributed by atoms with E-state index in [1.54, 1.807) is 39.0 Å². The number of ketones is 1. The van der Waals surface area contributed by atoms with Crippen LogP contribution < -0.4 is 0 Å². The molecule has 26 heavy (non-hydrogen) atoms. The first-order valence-electron chi connectivity index (χ1n) is 8.53. The van der Waals surface area contributed by atoms with E-state index in [2.05, 4.69) is 4.98 Å². The average Bonchev–Trinajstić information content (AvgIpc) is 2.55. The minimum Gasteiger partial charge on any atom is -0.459 e. The van der Waals surface area contributed by atoms with E-state index >= 15 is 0 Å². The Balaban J connectivity index is 2.38. The van der Waals surface area contributed by atoms with Crippen molar-refractivity contribution in [2.75, 3.05) is 0 Å². The average molecular weight is 392 g/mol. The number of carbonyl (C=O) groups is 2. The van der Waals surface area contributed by atoms with Crippen LogP contribution in [0.15, 0.2) is 18.2 Å². The first-order valence-corrected chi connectivity index (χ1v) is 9.29. The first-order chi connectivity index (χ1) is 12.3. The van der Waals surface area contributed by atoms with E-state index in [1.807, 2.05) is 0 Å². The molecule has 0 fully saturated rings. The van der Waals surface area contributed by atoms with Crippen molar-refractivity contribution in [3.63, 3.8) is 0 Å². The number of rotatable bonds is 3. The highest BCUT2D eigenvalue weighted by Crippen LogP contribution is 2.41. The Morgan fingerprint density at radius 2 is 1.92 bits per heavy atom. The maximum atomic E-state index is 12.8. The highest BCUT2D eigenvalue weighted by Gasteiger charge is 2.31. The number of halogens is 2. The standard InChI is InChI=1S/C20H19Cl2NO3/c1-10(2)26-20(25)16-11(3)23-14-8-5-9-15(24)18(14)17(16)12-6-4-7-13(21)19(12)22/h4,6-7,10H,5,8-9H2,1-3H3. The van der Waals surface area contributed by atoms with E-state index in [1.165, 1.54) is 0 Å². The van der Waals surface area contributed by atoms with Gasteiger partial charge < -0.3 is 4.74 Å². The Labute approximate surface area is 162 Å². The first kappa shape index (κ1) is 18.9. The van der Waals surface area contributed by atoms with E-state index in [0.29, 0.717) is 51.0 Å². The molecule has 136 valence electrons. The molecule has 4 nitrogen and oxygen atoms in total. The van der Waals surface area contributed by atoms with Crippen LogP contribution in [0.3, 0.4) is 0 Å². The highest BCUT2D eigenvalue weighted by molar-refractivity contribution is 6.44. The van der Waals surface area contributed by atoms with E-state index in [0.717, 1.165) is 6.42 Å². The van der Waals surface area contributed by atoms with E-state index in [-0.39, 0.29) is 17.5 Å². The molecule has 0 radical (unpaired) electrons. The second-order valence-corrected chi connectivity index (χ2v) is 7.39. The summed E-state index contributed by atoms with van der Waals surface area (Å²) in [5, 5.41) is 0.665. The topological polar surface area (TPSA) is 56.3 Å². The van der Waals surface area contributed by atoms with E-state index in [4.69, 9.17) is 27.9 Å². The molecule has 1 aromatic heterocycles. The van der Waals surface area contributed by atoms with Crippen LogP contribution in [0.5, 0.6) is 0 Å². The lowest BCUT2D eigenvalue weighted by molar-refractivity contribution is 0.0377. The summed E-state index contributed by atoms with van der Waals surface area (Å²) >= 11 is 12.6. The number of aryl methyl sites for hydroxylation is 2. The maximum absolute atomic E-state index is 12.8. The summed E-state index contributed by atoms with van der Waals surface area (Å²) in [6, 6.07) is 5.18. The van der Waals surface area contributed by atoms with Crippen molar-refractivity contribution >= 4 is 35.0 Å². The predicted molar refractivity (Wildman–Crippen MR) is 102 cm³/mol. The minimum atomic E-state index is -0.516. The van der Waals surface area contributed by atoms with Gasteiger partial charge in [0, 0.05) is 23.1 Å². The number of ether oxygens (including phenoxy) is 1. The van der Waals surface area contributed by atoms with Gasteiger partial charge in [-0.2, -0.15) is 0 Å². The van der Waals surface area contributed by atoms with Gasteiger partial charge in [-0.25, -0.2) is 4.79 Å². The summed E-state index contributed by atoms with van der Waals surface area (Å²) in [6.45, 7) is 5.30. The van der Waals surface area contributed by atoms with Crippen LogP contribution in [0.4, 0.5) is 0 Å². The Bertz CT molecular complexity index is 906. The van der Waals surface area contributed by atoms with Crippen molar-refractivity contribution < 1.29 is 14.3 Å². The monoisotopic (exact) mass is 391 g/mol. The molecule has 0 saturated carbocycles. The van der Waals surface area contributed by atoms with Gasteiger partial charge in [-0.1, -0.05) is 35.3 Å². The van der Waals surface area contributed by atoms with Crippen molar-refractivity contribution in [1.82, 2.24) is 4.98 Å². The molecule has 0 aliphatic heterocycles. The van der Waals surface area contributed by atoms with Crippen molar-refractivity contribution in [3.8, 4) is 11.1 Å². The third-order valence-corrected chi connectivity index (χ3v) is 5.14. The third-order valence-electron chi connectivity index (χ3n) is 4.32. The van der Waals surface area contributed by atoms with E-state index in [9.17, 15) is 9.59 Å². The fourth-order valence-electron chi connectivity index (χ4n) is 3.28. The Hall–Kier alpha value is -1.91. The van der Waals surface area contributed by atoms with Gasteiger partial charge in [0.15, 0.2) is 5.78 Å². The van der Waals surface area contributed by atoms with Crippen LogP contribution in [0.25, 0.3) is 11.1 Å². The molecule has 0 unspecified atom stereocenters. The summed E-state index contributed by atoms with van der Waals surface area (Å²) < 4.78 is 5.41. The van der Waals surface area contributed by atoms with Gasteiger partial charge in [-0.15, -0.1) is 0 Å². The lowest BCUT2D eigenvalue weighted by Crippen LogP contribution is -2.21. The number of carbonyl (C=O) groups excluding carboxylic acids is 2. The van der Waals surface area contributed by atoms with Gasteiger partial charge in [0.05, 0.1) is 33.1 Å². The smallest absolute Gasteiger partial charge is 0.340 e. The number of nitrogens with zero attached hydrogens (tertiary/aromatic N) is 1. The number of hydrogen-bond donors (Lipinski definition) is 0. The lowest BCUT2D eigenvalue weighted by Gasteiger charge is -2.23. The van der Waals surface area contributed by atoms with E-state index < -0.39 is 5.97 Å². The highest BCUT2D eigenvalue weighted by atomic mass is 35.5. The fourth-order valence-corrected chi connectivity index (χ4v) is 3.67. The molecule has 1 aliphatic rings. The molecular formula is C20H19Cl2NO3. The molecule has 0 saturated heterocycles. The molecule has 0 atom stereocenters. The van der Waals surface area contributed by atoms with Crippen LogP contribution >= 0.6 is 23.2 Å². The van der Waals surface area contributed by atoms with Crippen LogP contribution in [0, 0.1) is 6.92 Å². The number of Topliss-reactive ketones (excluding diaryl/α,β-unsaturated/α-hetero) is 1. The van der Waals surface area contributed by atoms with Gasteiger partial charge in [0.2, 0.25) is 0 Å². The third kappa shape index (κ3) is 3.36. The number of pyridine rings is 1. The molecule has 1 aliphatic carbocycles. The zero-order valence-electron chi connectivity index (χ0n) is 14.9. The summed E-state index contributed by atoms with van der Waals surface area (Å²) in [7, 11) is 0. The summed E-state index contributed by atoms with van der Waals surface area (Å²) in [4.78, 5) is 30.1. The Kier molecular flexibility index (Phi) is 5.35. The minimum absolute atomic E-state index is 0.0385. The van der Waals surface area contributed by atoms with Crippen LogP contribution in [-0.2, 0) is 11.2 Å². The molecule has 1 aromatic carbocycles. The number of aromatic nitrogens is 1.